The summed E-state index contributed by atoms with van der Waals surface area (Å²) in [4.78, 5) is 12.0. The fraction of sp³-hybridized carbons (Fsp3) is 0. The highest BCUT2D eigenvalue weighted by molar-refractivity contribution is 6.54. The SMILES string of the molecule is [B-]C(=O)OO. The Morgan fingerprint density at radius 2 is 2.20 bits per heavy atom. The summed E-state index contributed by atoms with van der Waals surface area (Å²) in [5.74, 6) is -1.19. The van der Waals surface area contributed by atoms with Gasteiger partial charge in [0, 0.05) is 0 Å². The fourth-order valence-corrected chi connectivity index (χ4v) is 0. The molecule has 0 saturated heterocycles. The normalized spacial score (nSPS) is 6.80. The summed E-state index contributed by atoms with van der Waals surface area (Å²) in [5, 5.41) is 7.17. The standard InChI is InChI=1S/CHBO3/c2-1(3)5-4/h4H/q-1. The monoisotopic (exact) mass is 72.0 g/mol. The average molecular weight is 71.8 g/mol. The van der Waals surface area contributed by atoms with Gasteiger partial charge in [-0.1, -0.05) is 0 Å². The molecule has 27 valence electrons. The van der Waals surface area contributed by atoms with Crippen LogP contribution in [0.25, 0.3) is 0 Å². The molecule has 3 radical (unpaired) electrons. The molecule has 0 saturated carbocycles. The van der Waals surface area contributed by atoms with E-state index >= 15 is 0 Å². The van der Waals surface area contributed by atoms with Crippen molar-refractivity contribution in [2.75, 3.05) is 0 Å². The quantitative estimate of drug-likeness (QED) is 0.244. The number of carbonyl (C=O) groups excluding carboxylic acids is 1. The lowest BCUT2D eigenvalue weighted by atomic mass is 10.2. The number of hydrogen-bond donors (Lipinski definition) is 1. The molecule has 0 heterocycles. The van der Waals surface area contributed by atoms with Crippen molar-refractivity contribution >= 4 is 13.7 Å². The minimum absolute atomic E-state index is 1.19. The lowest BCUT2D eigenvalue weighted by molar-refractivity contribution is -0.167. The third-order valence-corrected chi connectivity index (χ3v) is 0.0900. The van der Waals surface area contributed by atoms with Crippen molar-refractivity contribution in [1.82, 2.24) is 0 Å². The van der Waals surface area contributed by atoms with E-state index in [1.807, 2.05) is 0 Å². The van der Waals surface area contributed by atoms with Crippen LogP contribution in [0.1, 0.15) is 0 Å². The zero-order valence-electron chi connectivity index (χ0n) is 2.34. The van der Waals surface area contributed by atoms with E-state index in [9.17, 15) is 0 Å². The van der Waals surface area contributed by atoms with Gasteiger partial charge in [-0.2, -0.15) is 0 Å². The molecule has 0 spiro atoms. The van der Waals surface area contributed by atoms with Gasteiger partial charge in [-0.3, -0.25) is 0 Å². The van der Waals surface area contributed by atoms with Crippen LogP contribution in [0.15, 0.2) is 0 Å². The highest BCUT2D eigenvalue weighted by atomic mass is 17.1. The van der Waals surface area contributed by atoms with E-state index in [1.54, 1.807) is 0 Å². The second-order valence-corrected chi connectivity index (χ2v) is 0.410. The maximum atomic E-state index is 9.12. The van der Waals surface area contributed by atoms with E-state index in [4.69, 9.17) is 10.1 Å². The van der Waals surface area contributed by atoms with Gasteiger partial charge >= 0.3 is 0 Å². The highest BCUT2D eigenvalue weighted by Crippen LogP contribution is 1.58. The summed E-state index contributed by atoms with van der Waals surface area (Å²) in [6.07, 6.45) is 0. The average Bonchev–Trinajstić information content (AvgIpc) is 1.38. The van der Waals surface area contributed by atoms with Gasteiger partial charge in [0.15, 0.2) is 0 Å². The lowest BCUT2D eigenvalue weighted by Gasteiger charge is -1.93. The predicted molar refractivity (Wildman–Crippen MR) is 14.9 cm³/mol. The molecule has 3 nitrogen and oxygen atoms in total. The third-order valence-electron chi connectivity index (χ3n) is 0.0900. The zero-order valence-corrected chi connectivity index (χ0v) is 2.34. The third kappa shape index (κ3) is 3.49. The van der Waals surface area contributed by atoms with E-state index < -0.39 is 5.87 Å². The Hall–Kier alpha value is -0.505. The maximum absolute atomic E-state index is 9.12. The van der Waals surface area contributed by atoms with E-state index in [-0.39, 0.29) is 0 Å². The number of carbonyl (C=O) groups is 1. The van der Waals surface area contributed by atoms with Gasteiger partial charge in [0.1, 0.15) is 0 Å². The molecule has 0 aliphatic carbocycles. The van der Waals surface area contributed by atoms with Crippen molar-refractivity contribution in [2.24, 2.45) is 0 Å². The molecule has 0 atom stereocenters. The largest absolute Gasteiger partial charge is 0.460 e. The summed E-state index contributed by atoms with van der Waals surface area (Å²) in [5.41, 5.74) is 0. The minimum atomic E-state index is -1.19. The molecule has 0 rings (SSSR count). The second kappa shape index (κ2) is 1.78. The fourth-order valence-electron chi connectivity index (χ4n) is 0. The molecule has 0 unspecified atom stereocenters. The molecule has 5 heavy (non-hydrogen) atoms. The van der Waals surface area contributed by atoms with Crippen LogP contribution in [0.3, 0.4) is 0 Å². The Morgan fingerprint density at radius 3 is 2.20 bits per heavy atom. The first kappa shape index (κ1) is 4.49. The first-order valence-corrected chi connectivity index (χ1v) is 0.879. The van der Waals surface area contributed by atoms with Gasteiger partial charge in [0.25, 0.3) is 0 Å². The Labute approximate surface area is 29.9 Å². The highest BCUT2D eigenvalue weighted by Gasteiger charge is 1.56. The zero-order chi connectivity index (χ0) is 4.28. The van der Waals surface area contributed by atoms with Crippen LogP contribution < -0.4 is 0 Å². The first-order valence-electron chi connectivity index (χ1n) is 0.879. The van der Waals surface area contributed by atoms with Gasteiger partial charge in [0.05, 0.1) is 5.87 Å². The van der Waals surface area contributed by atoms with Crippen molar-refractivity contribution in [3.05, 3.63) is 0 Å². The molecular weight excluding hydrogens is 70.8 g/mol. The van der Waals surface area contributed by atoms with Crippen LogP contribution in [0.4, 0.5) is 4.79 Å². The molecule has 0 aromatic carbocycles. The van der Waals surface area contributed by atoms with Gasteiger partial charge in [-0.25, -0.2) is 5.26 Å². The maximum Gasteiger partial charge on any atom is 0.0618 e. The van der Waals surface area contributed by atoms with Crippen LogP contribution in [0.2, 0.25) is 0 Å². The van der Waals surface area contributed by atoms with Gasteiger partial charge in [-0.05, 0) is 0 Å². The van der Waals surface area contributed by atoms with E-state index in [0.717, 1.165) is 0 Å². The Kier molecular flexibility index (Phi) is 1.60. The van der Waals surface area contributed by atoms with Crippen LogP contribution >= 0.6 is 0 Å². The van der Waals surface area contributed by atoms with Crippen molar-refractivity contribution in [3.8, 4) is 0 Å². The summed E-state index contributed by atoms with van der Waals surface area (Å²) in [6.45, 7) is 0. The molecule has 0 aromatic heterocycles. The lowest BCUT2D eigenvalue weighted by Crippen LogP contribution is -1.93. The topological polar surface area (TPSA) is 46.5 Å². The minimum Gasteiger partial charge on any atom is -0.460 e. The molecule has 0 fully saturated rings. The van der Waals surface area contributed by atoms with Crippen molar-refractivity contribution in [3.63, 3.8) is 0 Å². The molecule has 0 aromatic rings. The molecule has 0 aliphatic rings. The number of hydrogen-bond acceptors (Lipinski definition) is 3. The van der Waals surface area contributed by atoms with Crippen LogP contribution in [0, 0.1) is 0 Å². The van der Waals surface area contributed by atoms with Gasteiger partial charge in [-0.15, -0.1) is 0 Å². The van der Waals surface area contributed by atoms with Crippen LogP contribution in [0.5, 0.6) is 0 Å². The summed E-state index contributed by atoms with van der Waals surface area (Å²) in [7, 11) is 4.18. The predicted octanol–water partition coefficient (Wildman–Crippen LogP) is -0.236. The van der Waals surface area contributed by atoms with Gasteiger partial charge < -0.3 is 17.5 Å². The summed E-state index contributed by atoms with van der Waals surface area (Å²) >= 11 is 0. The molecule has 0 bridgehead atoms. The van der Waals surface area contributed by atoms with Gasteiger partial charge in [0.2, 0.25) is 0 Å². The van der Waals surface area contributed by atoms with Crippen molar-refractivity contribution < 1.29 is 14.9 Å². The van der Waals surface area contributed by atoms with Crippen molar-refractivity contribution in [1.29, 1.82) is 0 Å². The summed E-state index contributed by atoms with van der Waals surface area (Å²) < 4.78 is 0. The molecule has 1 N–H and O–H groups in total. The Bertz CT molecular complexity index is 42.2. The smallest absolute Gasteiger partial charge is 0.0618 e. The van der Waals surface area contributed by atoms with E-state index in [2.05, 4.69) is 12.7 Å². The van der Waals surface area contributed by atoms with E-state index in [0.29, 0.717) is 0 Å². The van der Waals surface area contributed by atoms with Crippen molar-refractivity contribution in [2.45, 2.75) is 0 Å². The molecule has 0 aliphatic heterocycles. The Morgan fingerprint density at radius 1 is 2.00 bits per heavy atom. The molecule has 4 heteroatoms. The first-order chi connectivity index (χ1) is 2.27. The number of rotatable bonds is 0. The second-order valence-electron chi connectivity index (χ2n) is 0.410. The summed E-state index contributed by atoms with van der Waals surface area (Å²) in [6, 6.07) is 0. The Balaban J connectivity index is 2.85. The van der Waals surface area contributed by atoms with Crippen LogP contribution in [-0.2, 0) is 4.89 Å². The molecule has 0 amide bonds. The van der Waals surface area contributed by atoms with E-state index in [1.165, 1.54) is 0 Å². The molecular formula is CHBO3-. The van der Waals surface area contributed by atoms with Crippen LogP contribution in [-0.4, -0.2) is 19.0 Å².